The molecule has 1 aromatic carbocycles. The van der Waals surface area contributed by atoms with Crippen LogP contribution in [0.2, 0.25) is 0 Å². The number of carbonyl (C=O) groups is 1. The van der Waals surface area contributed by atoms with E-state index in [1.54, 1.807) is 6.20 Å². The summed E-state index contributed by atoms with van der Waals surface area (Å²) in [5, 5.41) is 0. The van der Waals surface area contributed by atoms with E-state index in [0.29, 0.717) is 35.7 Å². The van der Waals surface area contributed by atoms with Gasteiger partial charge in [-0.2, -0.15) is 0 Å². The lowest BCUT2D eigenvalue weighted by Crippen LogP contribution is -2.29. The van der Waals surface area contributed by atoms with Crippen LogP contribution in [0, 0.1) is 12.8 Å². The van der Waals surface area contributed by atoms with E-state index in [0.717, 1.165) is 55.7 Å². The van der Waals surface area contributed by atoms with Gasteiger partial charge in [-0.25, -0.2) is 4.98 Å². The average Bonchev–Trinajstić information content (AvgIpc) is 3.42. The van der Waals surface area contributed by atoms with Gasteiger partial charge in [0.2, 0.25) is 0 Å². The Hall–Kier alpha value is -2.67. The maximum absolute atomic E-state index is 13.2. The minimum absolute atomic E-state index is 0.0570. The van der Waals surface area contributed by atoms with Crippen molar-refractivity contribution in [3.05, 3.63) is 45.6 Å². The van der Waals surface area contributed by atoms with Crippen LogP contribution in [0.25, 0.3) is 16.6 Å². The van der Waals surface area contributed by atoms with Crippen LogP contribution in [0.3, 0.4) is 0 Å². The van der Waals surface area contributed by atoms with Gasteiger partial charge in [-0.1, -0.05) is 13.3 Å². The molecular formula is C23H28N4O3. The Morgan fingerprint density at radius 3 is 2.77 bits per heavy atom. The number of amides is 1. The Balaban J connectivity index is 1.62. The average molecular weight is 409 g/mol. The van der Waals surface area contributed by atoms with Crippen molar-refractivity contribution in [2.24, 2.45) is 5.92 Å². The molecule has 3 aromatic rings. The van der Waals surface area contributed by atoms with E-state index >= 15 is 0 Å². The van der Waals surface area contributed by atoms with Gasteiger partial charge in [0.05, 0.1) is 17.2 Å². The number of aryl methyl sites for hydroxylation is 1. The van der Waals surface area contributed by atoms with E-state index in [9.17, 15) is 9.59 Å². The summed E-state index contributed by atoms with van der Waals surface area (Å²) in [4.78, 5) is 35.5. The number of carbonyl (C=O) groups excluding carboxylic acids is 1. The highest BCUT2D eigenvalue weighted by Gasteiger charge is 2.28. The molecule has 1 N–H and O–H groups in total. The molecule has 30 heavy (non-hydrogen) atoms. The lowest BCUT2D eigenvalue weighted by molar-refractivity contribution is 0.0786. The number of nitrogens with zero attached hydrogens (tertiary/aromatic N) is 3. The summed E-state index contributed by atoms with van der Waals surface area (Å²) >= 11 is 0. The van der Waals surface area contributed by atoms with E-state index in [1.807, 2.05) is 28.4 Å². The molecule has 0 saturated carbocycles. The highest BCUT2D eigenvalue weighted by Crippen LogP contribution is 2.29. The molecule has 0 aliphatic carbocycles. The Morgan fingerprint density at radius 1 is 1.23 bits per heavy atom. The number of nitrogens with one attached hydrogen (secondary N) is 1. The van der Waals surface area contributed by atoms with E-state index in [1.165, 1.54) is 0 Å². The Bertz CT molecular complexity index is 1170. The third-order valence-corrected chi connectivity index (χ3v) is 6.82. The number of hydrogen-bond acceptors (Lipinski definition) is 4. The van der Waals surface area contributed by atoms with Gasteiger partial charge in [0.1, 0.15) is 11.3 Å². The smallest absolute Gasteiger partial charge is 0.274 e. The lowest BCUT2D eigenvalue weighted by Gasteiger charge is -2.22. The first-order valence-electron chi connectivity index (χ1n) is 11.0. The number of likely N-dealkylation sites (tertiary alicyclic amines) is 1. The summed E-state index contributed by atoms with van der Waals surface area (Å²) in [7, 11) is 0. The van der Waals surface area contributed by atoms with Crippen molar-refractivity contribution < 1.29 is 9.53 Å². The standard InChI is InChI=1S/C23H28N4O3/c1-3-15-4-7-26(13-15)23(29)17-11-18-19(10-14(17)2)27-20(22(28)25-18)12-24-21(27)16-5-8-30-9-6-16/h10-12,15-16H,3-9,13H2,1-2H3,(H,25,28)/t15-/m1/s1. The van der Waals surface area contributed by atoms with Crippen molar-refractivity contribution in [3.63, 3.8) is 0 Å². The number of aromatic amines is 1. The first kappa shape index (κ1) is 19.3. The van der Waals surface area contributed by atoms with Gasteiger partial charge in [0.15, 0.2) is 0 Å². The molecule has 158 valence electrons. The van der Waals surface area contributed by atoms with Crippen LogP contribution in [-0.2, 0) is 4.74 Å². The fourth-order valence-corrected chi connectivity index (χ4v) is 4.94. The number of ether oxygens (including phenoxy) is 1. The molecule has 2 aromatic heterocycles. The molecule has 1 amide bonds. The maximum Gasteiger partial charge on any atom is 0.274 e. The zero-order valence-corrected chi connectivity index (χ0v) is 17.6. The summed E-state index contributed by atoms with van der Waals surface area (Å²) in [5.74, 6) is 1.82. The molecule has 2 saturated heterocycles. The molecule has 7 nitrogen and oxygen atoms in total. The number of H-pyrrole nitrogens is 1. The Labute approximate surface area is 175 Å². The monoisotopic (exact) mass is 408 g/mol. The molecule has 2 aliphatic heterocycles. The molecule has 0 bridgehead atoms. The molecular weight excluding hydrogens is 380 g/mol. The molecule has 5 rings (SSSR count). The first-order chi connectivity index (χ1) is 14.6. The lowest BCUT2D eigenvalue weighted by atomic mass is 9.99. The van der Waals surface area contributed by atoms with Crippen LogP contribution in [0.1, 0.15) is 60.3 Å². The third-order valence-electron chi connectivity index (χ3n) is 6.82. The highest BCUT2D eigenvalue weighted by atomic mass is 16.5. The zero-order valence-electron chi connectivity index (χ0n) is 17.6. The number of hydrogen-bond donors (Lipinski definition) is 1. The predicted molar refractivity (Wildman–Crippen MR) is 115 cm³/mol. The molecule has 2 fully saturated rings. The first-order valence-corrected chi connectivity index (χ1v) is 11.0. The molecule has 4 heterocycles. The summed E-state index contributed by atoms with van der Waals surface area (Å²) in [6.07, 6.45) is 5.62. The van der Waals surface area contributed by atoms with Gasteiger partial charge in [-0.3, -0.25) is 14.0 Å². The predicted octanol–water partition coefficient (Wildman–Crippen LogP) is 3.25. The maximum atomic E-state index is 13.2. The molecule has 0 unspecified atom stereocenters. The van der Waals surface area contributed by atoms with E-state index < -0.39 is 0 Å². The summed E-state index contributed by atoms with van der Waals surface area (Å²) in [6, 6.07) is 3.87. The number of aromatic nitrogens is 3. The number of imidazole rings is 1. The second kappa shape index (κ2) is 7.54. The van der Waals surface area contributed by atoms with Crippen LogP contribution in [-0.4, -0.2) is 51.5 Å². The minimum atomic E-state index is -0.178. The Morgan fingerprint density at radius 2 is 2.03 bits per heavy atom. The summed E-state index contributed by atoms with van der Waals surface area (Å²) < 4.78 is 7.48. The van der Waals surface area contributed by atoms with Gasteiger partial charge < -0.3 is 14.6 Å². The van der Waals surface area contributed by atoms with E-state index in [-0.39, 0.29) is 17.4 Å². The molecule has 0 spiro atoms. The van der Waals surface area contributed by atoms with Crippen molar-refractivity contribution in [2.75, 3.05) is 26.3 Å². The fraction of sp³-hybridized carbons (Fsp3) is 0.522. The molecule has 7 heteroatoms. The second-order valence-electron chi connectivity index (χ2n) is 8.68. The van der Waals surface area contributed by atoms with Crippen LogP contribution in [0.5, 0.6) is 0 Å². The normalized spacial score (nSPS) is 20.5. The summed E-state index contributed by atoms with van der Waals surface area (Å²) in [5.41, 5.74) is 3.54. The van der Waals surface area contributed by atoms with Crippen LogP contribution >= 0.6 is 0 Å². The van der Waals surface area contributed by atoms with Crippen molar-refractivity contribution >= 4 is 22.5 Å². The zero-order chi connectivity index (χ0) is 20.8. The van der Waals surface area contributed by atoms with Gasteiger partial charge in [-0.15, -0.1) is 0 Å². The topological polar surface area (TPSA) is 79.7 Å². The van der Waals surface area contributed by atoms with Crippen LogP contribution < -0.4 is 5.56 Å². The van der Waals surface area contributed by atoms with Crippen molar-refractivity contribution in [3.8, 4) is 0 Å². The van der Waals surface area contributed by atoms with Crippen LogP contribution in [0.4, 0.5) is 0 Å². The van der Waals surface area contributed by atoms with Gasteiger partial charge in [-0.05, 0) is 49.8 Å². The Kier molecular flexibility index (Phi) is 4.85. The molecule has 0 radical (unpaired) electrons. The summed E-state index contributed by atoms with van der Waals surface area (Å²) in [6.45, 7) is 7.20. The van der Waals surface area contributed by atoms with Gasteiger partial charge in [0, 0.05) is 37.8 Å². The highest BCUT2D eigenvalue weighted by molar-refractivity contribution is 5.99. The quantitative estimate of drug-likeness (QED) is 0.721. The SMILES string of the molecule is CC[C@@H]1CCN(C(=O)c2cc3[nH]c(=O)c4cnc(C5CCOCC5)n4c3cc2C)C1. The third kappa shape index (κ3) is 3.12. The van der Waals surface area contributed by atoms with Crippen LogP contribution in [0.15, 0.2) is 23.1 Å². The van der Waals surface area contributed by atoms with Crippen molar-refractivity contribution in [2.45, 2.75) is 45.4 Å². The van der Waals surface area contributed by atoms with Crippen molar-refractivity contribution in [1.82, 2.24) is 19.3 Å². The number of fused-ring (bicyclic) bond motifs is 3. The fourth-order valence-electron chi connectivity index (χ4n) is 4.94. The largest absolute Gasteiger partial charge is 0.381 e. The van der Waals surface area contributed by atoms with E-state index in [4.69, 9.17) is 4.74 Å². The van der Waals surface area contributed by atoms with E-state index in [2.05, 4.69) is 16.9 Å². The second-order valence-corrected chi connectivity index (χ2v) is 8.68. The van der Waals surface area contributed by atoms with Gasteiger partial charge in [0.25, 0.3) is 11.5 Å². The molecule has 1 atom stereocenters. The molecule has 2 aliphatic rings. The minimum Gasteiger partial charge on any atom is -0.381 e. The van der Waals surface area contributed by atoms with Gasteiger partial charge >= 0.3 is 0 Å². The number of benzene rings is 1. The number of rotatable bonds is 3. The van der Waals surface area contributed by atoms with Crippen molar-refractivity contribution in [1.29, 1.82) is 0 Å².